The summed E-state index contributed by atoms with van der Waals surface area (Å²) in [5.41, 5.74) is 2.02. The zero-order valence-electron chi connectivity index (χ0n) is 20.8. The predicted molar refractivity (Wildman–Crippen MR) is 135 cm³/mol. The van der Waals surface area contributed by atoms with Crippen molar-refractivity contribution < 1.29 is 18.0 Å². The van der Waals surface area contributed by atoms with E-state index in [-0.39, 0.29) is 29.7 Å². The van der Waals surface area contributed by atoms with E-state index < -0.39 is 16.1 Å². The maximum absolute atomic E-state index is 13.2. The standard InChI is InChI=1S/C26H37N3O4S/c1-20(2)18-27-26(31)22(4)29(19-23-12-9-11-21(3)17-23)25(30)15-10-16-28(5)34(32,33)24-13-7-6-8-14-24/h6-9,11-14,17,20,22H,10,15-16,18-19H2,1-5H3,(H,27,31). The molecule has 1 N–H and O–H groups in total. The van der Waals surface area contributed by atoms with Gasteiger partial charge in [-0.05, 0) is 43.9 Å². The Morgan fingerprint density at radius 1 is 1.00 bits per heavy atom. The van der Waals surface area contributed by atoms with Crippen LogP contribution in [0.15, 0.2) is 59.5 Å². The van der Waals surface area contributed by atoms with Gasteiger partial charge in [-0.2, -0.15) is 0 Å². The molecule has 0 radical (unpaired) electrons. The number of carbonyl (C=O) groups excluding carboxylic acids is 2. The van der Waals surface area contributed by atoms with Crippen molar-refractivity contribution >= 4 is 21.8 Å². The minimum absolute atomic E-state index is 0.141. The minimum atomic E-state index is -3.61. The van der Waals surface area contributed by atoms with Gasteiger partial charge in [0.15, 0.2) is 0 Å². The van der Waals surface area contributed by atoms with E-state index in [0.717, 1.165) is 11.1 Å². The molecule has 2 rings (SSSR count). The van der Waals surface area contributed by atoms with Crippen LogP contribution in [0.1, 0.15) is 44.7 Å². The molecule has 186 valence electrons. The summed E-state index contributed by atoms with van der Waals surface area (Å²) in [6.07, 6.45) is 0.494. The molecule has 2 amide bonds. The van der Waals surface area contributed by atoms with E-state index >= 15 is 0 Å². The van der Waals surface area contributed by atoms with Crippen molar-refractivity contribution in [2.75, 3.05) is 20.1 Å². The molecule has 0 heterocycles. The average Bonchev–Trinajstić information content (AvgIpc) is 2.80. The second-order valence-electron chi connectivity index (χ2n) is 9.07. The van der Waals surface area contributed by atoms with Crippen molar-refractivity contribution in [1.29, 1.82) is 0 Å². The Balaban J connectivity index is 2.07. The molecule has 0 aliphatic rings. The molecule has 0 fully saturated rings. The van der Waals surface area contributed by atoms with Crippen LogP contribution in [0.25, 0.3) is 0 Å². The molecular weight excluding hydrogens is 450 g/mol. The largest absolute Gasteiger partial charge is 0.354 e. The van der Waals surface area contributed by atoms with Gasteiger partial charge in [0.05, 0.1) is 4.90 Å². The summed E-state index contributed by atoms with van der Waals surface area (Å²) in [7, 11) is -2.10. The van der Waals surface area contributed by atoms with Gasteiger partial charge in [0.1, 0.15) is 6.04 Å². The highest BCUT2D eigenvalue weighted by atomic mass is 32.2. The van der Waals surface area contributed by atoms with Crippen molar-refractivity contribution in [3.05, 3.63) is 65.7 Å². The maximum Gasteiger partial charge on any atom is 0.242 e. The van der Waals surface area contributed by atoms with Gasteiger partial charge in [0.2, 0.25) is 21.8 Å². The number of aryl methyl sites for hydroxylation is 1. The van der Waals surface area contributed by atoms with E-state index in [1.54, 1.807) is 42.2 Å². The van der Waals surface area contributed by atoms with Crippen molar-refractivity contribution in [2.24, 2.45) is 5.92 Å². The highest BCUT2D eigenvalue weighted by Gasteiger charge is 2.27. The molecular formula is C26H37N3O4S. The van der Waals surface area contributed by atoms with Crippen LogP contribution >= 0.6 is 0 Å². The Morgan fingerprint density at radius 2 is 1.68 bits per heavy atom. The topological polar surface area (TPSA) is 86.8 Å². The minimum Gasteiger partial charge on any atom is -0.354 e. The van der Waals surface area contributed by atoms with Crippen LogP contribution in [-0.2, 0) is 26.2 Å². The van der Waals surface area contributed by atoms with E-state index in [2.05, 4.69) is 5.32 Å². The van der Waals surface area contributed by atoms with Crippen LogP contribution in [0.2, 0.25) is 0 Å². The van der Waals surface area contributed by atoms with Crippen LogP contribution in [0.4, 0.5) is 0 Å². The number of rotatable bonds is 12. The molecule has 0 aliphatic heterocycles. The molecule has 0 aromatic heterocycles. The number of benzene rings is 2. The molecule has 1 atom stereocenters. The number of carbonyl (C=O) groups is 2. The monoisotopic (exact) mass is 487 g/mol. The Bertz CT molecular complexity index is 1050. The molecule has 2 aromatic carbocycles. The third-order valence-corrected chi connectivity index (χ3v) is 7.47. The molecule has 7 nitrogen and oxygen atoms in total. The summed E-state index contributed by atoms with van der Waals surface area (Å²) in [6, 6.07) is 15.4. The van der Waals surface area contributed by atoms with Crippen molar-refractivity contribution in [2.45, 2.75) is 58.0 Å². The van der Waals surface area contributed by atoms with Crippen LogP contribution in [0.3, 0.4) is 0 Å². The number of nitrogens with one attached hydrogen (secondary N) is 1. The molecule has 0 aliphatic carbocycles. The Hall–Kier alpha value is -2.71. The fourth-order valence-corrected chi connectivity index (χ4v) is 4.76. The molecule has 0 bridgehead atoms. The summed E-state index contributed by atoms with van der Waals surface area (Å²) < 4.78 is 26.7. The van der Waals surface area contributed by atoms with Gasteiger partial charge < -0.3 is 10.2 Å². The quantitative estimate of drug-likeness (QED) is 0.496. The first-order valence-electron chi connectivity index (χ1n) is 11.7. The van der Waals surface area contributed by atoms with Gasteiger partial charge in [-0.1, -0.05) is 61.9 Å². The molecule has 0 saturated heterocycles. The summed E-state index contributed by atoms with van der Waals surface area (Å²) in [5.74, 6) is -0.0723. The molecule has 0 saturated carbocycles. The third kappa shape index (κ3) is 7.95. The summed E-state index contributed by atoms with van der Waals surface area (Å²) in [6.45, 7) is 8.80. The van der Waals surface area contributed by atoms with Gasteiger partial charge in [0.25, 0.3) is 0 Å². The average molecular weight is 488 g/mol. The molecule has 8 heteroatoms. The Kier molecular flexibility index (Phi) is 10.3. The number of hydrogen-bond donors (Lipinski definition) is 1. The lowest BCUT2D eigenvalue weighted by atomic mass is 10.1. The van der Waals surface area contributed by atoms with Crippen LogP contribution in [-0.4, -0.2) is 55.6 Å². The predicted octanol–water partition coefficient (Wildman–Crippen LogP) is 3.59. The molecule has 0 spiro atoms. The smallest absolute Gasteiger partial charge is 0.242 e. The second kappa shape index (κ2) is 12.7. The highest BCUT2D eigenvalue weighted by molar-refractivity contribution is 7.89. The van der Waals surface area contributed by atoms with Crippen molar-refractivity contribution in [1.82, 2.24) is 14.5 Å². The van der Waals surface area contributed by atoms with E-state index in [1.165, 1.54) is 11.4 Å². The lowest BCUT2D eigenvalue weighted by Crippen LogP contribution is -2.48. The first-order chi connectivity index (χ1) is 16.0. The van der Waals surface area contributed by atoms with Gasteiger partial charge >= 0.3 is 0 Å². The zero-order valence-corrected chi connectivity index (χ0v) is 21.6. The van der Waals surface area contributed by atoms with Gasteiger partial charge in [-0.25, -0.2) is 12.7 Å². The number of nitrogens with zero attached hydrogens (tertiary/aromatic N) is 2. The fourth-order valence-electron chi connectivity index (χ4n) is 3.53. The van der Waals surface area contributed by atoms with Crippen LogP contribution < -0.4 is 5.32 Å². The van der Waals surface area contributed by atoms with Crippen LogP contribution in [0, 0.1) is 12.8 Å². The van der Waals surface area contributed by atoms with Crippen molar-refractivity contribution in [3.63, 3.8) is 0 Å². The molecule has 34 heavy (non-hydrogen) atoms. The number of amides is 2. The lowest BCUT2D eigenvalue weighted by molar-refractivity contribution is -0.140. The first-order valence-corrected chi connectivity index (χ1v) is 13.1. The maximum atomic E-state index is 13.2. The van der Waals surface area contributed by atoms with Crippen LogP contribution in [0.5, 0.6) is 0 Å². The van der Waals surface area contributed by atoms with E-state index in [9.17, 15) is 18.0 Å². The van der Waals surface area contributed by atoms with Crippen molar-refractivity contribution in [3.8, 4) is 0 Å². The summed E-state index contributed by atoms with van der Waals surface area (Å²) >= 11 is 0. The molecule has 2 aromatic rings. The Morgan fingerprint density at radius 3 is 2.29 bits per heavy atom. The van der Waals surface area contributed by atoms with Gasteiger partial charge in [-0.15, -0.1) is 0 Å². The van der Waals surface area contributed by atoms with E-state index in [1.807, 2.05) is 45.0 Å². The van der Waals surface area contributed by atoms with E-state index in [0.29, 0.717) is 25.4 Å². The molecule has 1 unspecified atom stereocenters. The Labute approximate surface area is 204 Å². The van der Waals surface area contributed by atoms with Gasteiger partial charge in [-0.3, -0.25) is 9.59 Å². The summed E-state index contributed by atoms with van der Waals surface area (Å²) in [4.78, 5) is 27.7. The second-order valence-corrected chi connectivity index (χ2v) is 11.1. The lowest BCUT2D eigenvalue weighted by Gasteiger charge is -2.29. The van der Waals surface area contributed by atoms with E-state index in [4.69, 9.17) is 0 Å². The normalized spacial score (nSPS) is 12.6. The third-order valence-electron chi connectivity index (χ3n) is 5.60. The zero-order chi connectivity index (χ0) is 25.3. The number of hydrogen-bond acceptors (Lipinski definition) is 4. The highest BCUT2D eigenvalue weighted by Crippen LogP contribution is 2.16. The summed E-state index contributed by atoms with van der Waals surface area (Å²) in [5, 5.41) is 2.91. The SMILES string of the molecule is Cc1cccc(CN(C(=O)CCCN(C)S(=O)(=O)c2ccccc2)C(C)C(=O)NCC(C)C)c1. The number of sulfonamides is 1. The van der Waals surface area contributed by atoms with Gasteiger partial charge in [0, 0.05) is 33.1 Å². The first kappa shape index (κ1) is 27.5. The fraction of sp³-hybridized carbons (Fsp3) is 0.462.